The van der Waals surface area contributed by atoms with Crippen LogP contribution in [-0.4, -0.2) is 78.9 Å². The Balaban J connectivity index is 1.31. The lowest BCUT2D eigenvalue weighted by Gasteiger charge is -2.40. The molecule has 0 aromatic heterocycles. The maximum Gasteiger partial charge on any atom is 0.338 e. The lowest BCUT2D eigenvalue weighted by atomic mass is 9.77. The molecule has 1 saturated heterocycles. The number of nitrogens with zero attached hydrogens (tertiary/aromatic N) is 2. The summed E-state index contributed by atoms with van der Waals surface area (Å²) in [6, 6.07) is 5.50. The van der Waals surface area contributed by atoms with E-state index in [1.807, 2.05) is 0 Å². The Kier molecular flexibility index (Phi) is 9.28. The zero-order chi connectivity index (χ0) is 31.6. The van der Waals surface area contributed by atoms with E-state index in [0.717, 1.165) is 24.1 Å². The fourth-order valence-electron chi connectivity index (χ4n) is 6.45. The van der Waals surface area contributed by atoms with E-state index in [-0.39, 0.29) is 41.3 Å². The van der Waals surface area contributed by atoms with Gasteiger partial charge in [0.05, 0.1) is 30.6 Å². The van der Waals surface area contributed by atoms with Crippen molar-refractivity contribution in [1.29, 1.82) is 0 Å². The fourth-order valence-corrected chi connectivity index (χ4v) is 6.45. The van der Waals surface area contributed by atoms with Gasteiger partial charge in [-0.25, -0.2) is 32.5 Å². The molecule has 5 rings (SSSR count). The van der Waals surface area contributed by atoms with Crippen molar-refractivity contribution in [3.63, 3.8) is 0 Å². The van der Waals surface area contributed by atoms with E-state index < -0.39 is 41.3 Å². The van der Waals surface area contributed by atoms with E-state index in [0.29, 0.717) is 50.8 Å². The van der Waals surface area contributed by atoms with Crippen LogP contribution in [0.1, 0.15) is 49.3 Å². The second kappa shape index (κ2) is 13.0. The van der Waals surface area contributed by atoms with Crippen LogP contribution in [0.3, 0.4) is 0 Å². The quantitative estimate of drug-likeness (QED) is 0.404. The number of nitrogens with one attached hydrogen (secondary N) is 2. The van der Waals surface area contributed by atoms with Crippen LogP contribution in [0.5, 0.6) is 0 Å². The van der Waals surface area contributed by atoms with Crippen LogP contribution in [0.4, 0.5) is 22.8 Å². The average molecular weight is 617 g/mol. The van der Waals surface area contributed by atoms with Gasteiger partial charge in [-0.15, -0.1) is 0 Å². The van der Waals surface area contributed by atoms with Crippen molar-refractivity contribution in [1.82, 2.24) is 20.4 Å². The number of amides is 4. The second-order valence-electron chi connectivity index (χ2n) is 11.4. The predicted molar refractivity (Wildman–Crippen MR) is 151 cm³/mol. The van der Waals surface area contributed by atoms with Crippen molar-refractivity contribution in [2.45, 2.75) is 55.8 Å². The molecule has 3 N–H and O–H groups in total. The lowest BCUT2D eigenvalue weighted by molar-refractivity contribution is -0.137. The van der Waals surface area contributed by atoms with Gasteiger partial charge in [-0.2, -0.15) is 0 Å². The highest BCUT2D eigenvalue weighted by atomic mass is 19.2. The Morgan fingerprint density at radius 3 is 2.39 bits per heavy atom. The van der Waals surface area contributed by atoms with Crippen LogP contribution in [-0.2, 0) is 19.9 Å². The number of halogens is 3. The molecule has 0 bridgehead atoms. The largest absolute Gasteiger partial charge is 0.466 e. The summed E-state index contributed by atoms with van der Waals surface area (Å²) in [7, 11) is 2.48. The molecule has 44 heavy (non-hydrogen) atoms. The maximum atomic E-state index is 14.3. The Morgan fingerprint density at radius 2 is 1.75 bits per heavy atom. The van der Waals surface area contributed by atoms with Gasteiger partial charge >= 0.3 is 18.0 Å². The van der Waals surface area contributed by atoms with Gasteiger partial charge in [-0.05, 0) is 67.5 Å². The summed E-state index contributed by atoms with van der Waals surface area (Å²) in [6.07, 6.45) is 3.01. The molecule has 13 heteroatoms. The molecule has 2 aromatic carbocycles. The molecule has 2 atom stereocenters. The molecule has 0 unspecified atom stereocenters. The SMILES string of the molecule is COCC1=C(C(=O)OC)[C@H](c2ccc(F)c(F)c2)N(C(=O)N[C@@H]2CCN(C3CCC(O)(c4ccc(F)cc4)CC3)C2)C(=O)N1. The van der Waals surface area contributed by atoms with Gasteiger partial charge < -0.3 is 25.2 Å². The van der Waals surface area contributed by atoms with Gasteiger partial charge in [-0.1, -0.05) is 18.2 Å². The second-order valence-corrected chi connectivity index (χ2v) is 11.4. The highest BCUT2D eigenvalue weighted by Crippen LogP contribution is 2.40. The predicted octanol–water partition coefficient (Wildman–Crippen LogP) is 3.86. The zero-order valence-corrected chi connectivity index (χ0v) is 24.4. The summed E-state index contributed by atoms with van der Waals surface area (Å²) < 4.78 is 51.6. The number of rotatable bonds is 7. The Morgan fingerprint density at radius 1 is 1.05 bits per heavy atom. The first-order valence-electron chi connectivity index (χ1n) is 14.4. The Bertz CT molecular complexity index is 1440. The molecule has 0 spiro atoms. The van der Waals surface area contributed by atoms with Crippen LogP contribution in [0.2, 0.25) is 0 Å². The van der Waals surface area contributed by atoms with E-state index >= 15 is 0 Å². The zero-order valence-electron chi connectivity index (χ0n) is 24.4. The van der Waals surface area contributed by atoms with Gasteiger partial charge in [0.1, 0.15) is 11.9 Å². The van der Waals surface area contributed by atoms with Crippen molar-refractivity contribution in [2.75, 3.05) is 33.9 Å². The van der Waals surface area contributed by atoms with Crippen LogP contribution in [0.25, 0.3) is 0 Å². The van der Waals surface area contributed by atoms with Crippen molar-refractivity contribution < 1.29 is 42.1 Å². The summed E-state index contributed by atoms with van der Waals surface area (Å²) in [4.78, 5) is 42.9. The standard InChI is InChI=1S/C31H35F3N4O6/c1-43-17-25-26(28(39)44-2)27(18-3-8-23(33)24(34)15-18)38(30(41)36-25)29(40)35-21-11-14-37(16-21)22-9-12-31(42,13-10-22)19-4-6-20(32)7-5-19/h3-8,15,21-22,27,42H,9-14,16-17H2,1-2H3,(H,35,40)(H,36,41)/t21-,22?,27+,31?/m1/s1. The van der Waals surface area contributed by atoms with Gasteiger partial charge in [0.25, 0.3) is 0 Å². The number of carbonyl (C=O) groups excluding carboxylic acids is 3. The first-order chi connectivity index (χ1) is 21.0. The van der Waals surface area contributed by atoms with Crippen molar-refractivity contribution in [2.24, 2.45) is 0 Å². The number of imide groups is 1. The van der Waals surface area contributed by atoms with Gasteiger partial charge in [-0.3, -0.25) is 4.90 Å². The van der Waals surface area contributed by atoms with Crippen LogP contribution < -0.4 is 10.6 Å². The number of esters is 1. The van der Waals surface area contributed by atoms with E-state index in [4.69, 9.17) is 9.47 Å². The Labute approximate surface area is 252 Å². The van der Waals surface area contributed by atoms with Crippen molar-refractivity contribution in [3.8, 4) is 0 Å². The summed E-state index contributed by atoms with van der Waals surface area (Å²) in [5.74, 6) is -3.58. The molecule has 1 saturated carbocycles. The minimum Gasteiger partial charge on any atom is -0.466 e. The van der Waals surface area contributed by atoms with Gasteiger partial charge in [0.15, 0.2) is 11.6 Å². The first-order valence-corrected chi connectivity index (χ1v) is 14.4. The molecule has 2 fully saturated rings. The molecule has 3 aliphatic rings. The number of methoxy groups -OCH3 is 2. The van der Waals surface area contributed by atoms with E-state index in [1.165, 1.54) is 25.3 Å². The molecule has 10 nitrogen and oxygen atoms in total. The third-order valence-corrected chi connectivity index (χ3v) is 8.73. The highest BCUT2D eigenvalue weighted by molar-refractivity contribution is 6.01. The molecule has 2 aromatic rings. The smallest absolute Gasteiger partial charge is 0.338 e. The van der Waals surface area contributed by atoms with Gasteiger partial charge in [0, 0.05) is 32.3 Å². The van der Waals surface area contributed by atoms with E-state index in [1.54, 1.807) is 12.1 Å². The number of hydrogen-bond donors (Lipinski definition) is 3. The fraction of sp³-hybridized carbons (Fsp3) is 0.452. The number of likely N-dealkylation sites (tertiary alicyclic amines) is 1. The van der Waals surface area contributed by atoms with Crippen LogP contribution in [0, 0.1) is 17.5 Å². The number of hydrogen-bond acceptors (Lipinski definition) is 7. The summed E-state index contributed by atoms with van der Waals surface area (Å²) in [5, 5.41) is 16.6. The van der Waals surface area contributed by atoms with E-state index in [9.17, 15) is 32.7 Å². The molecule has 1 aliphatic carbocycles. The minimum absolute atomic E-state index is 0.00759. The average Bonchev–Trinajstić information content (AvgIpc) is 3.46. The third-order valence-electron chi connectivity index (χ3n) is 8.73. The summed E-state index contributed by atoms with van der Waals surface area (Å²) in [6.45, 7) is 0.959. The van der Waals surface area contributed by atoms with Crippen molar-refractivity contribution >= 4 is 18.0 Å². The first kappa shape index (κ1) is 31.5. The third kappa shape index (κ3) is 6.30. The maximum absolute atomic E-state index is 14.3. The van der Waals surface area contributed by atoms with Gasteiger partial charge in [0.2, 0.25) is 0 Å². The molecule has 0 radical (unpaired) electrons. The molecule has 2 heterocycles. The number of urea groups is 2. The monoisotopic (exact) mass is 616 g/mol. The molecular weight excluding hydrogens is 581 g/mol. The normalized spacial score (nSPS) is 26.0. The summed E-state index contributed by atoms with van der Waals surface area (Å²) >= 11 is 0. The topological polar surface area (TPSA) is 120 Å². The van der Waals surface area contributed by atoms with E-state index in [2.05, 4.69) is 15.5 Å². The molecule has 4 amide bonds. The molecule has 236 valence electrons. The summed E-state index contributed by atoms with van der Waals surface area (Å²) in [5.41, 5.74) is -0.465. The number of benzene rings is 2. The molecular formula is C31H35F3N4O6. The molecule has 2 aliphatic heterocycles. The Hall–Kier alpha value is -3.94. The minimum atomic E-state index is -1.42. The number of aliphatic hydroxyl groups is 1. The van der Waals surface area contributed by atoms with Crippen molar-refractivity contribution in [3.05, 3.63) is 82.3 Å². The number of carbonyl (C=O) groups is 3. The van der Waals surface area contributed by atoms with Crippen LogP contribution >= 0.6 is 0 Å². The highest BCUT2D eigenvalue weighted by Gasteiger charge is 2.44. The lowest BCUT2D eigenvalue weighted by Crippen LogP contribution is -2.57. The number of ether oxygens (including phenoxy) is 2. The van der Waals surface area contributed by atoms with Crippen LogP contribution in [0.15, 0.2) is 53.7 Å².